The van der Waals surface area contributed by atoms with Gasteiger partial charge in [-0.2, -0.15) is 0 Å². The van der Waals surface area contributed by atoms with Crippen LogP contribution in [0.4, 0.5) is 0 Å². The molecule has 69 heavy (non-hydrogen) atoms. The third-order valence-electron chi connectivity index (χ3n) is 13.0. The molecule has 4 nitrogen and oxygen atoms in total. The van der Waals surface area contributed by atoms with Gasteiger partial charge in [-0.15, -0.1) is 54.1 Å². The standard InChI is InChI=1S/C46H37N2O.C18H22N.Ir/c1-27(2)37-24-33(30-14-7-6-8-15-30)25-38(28(3)4)44(37)48-43-29(5)13-11-20-41(43)47-46(48)36-19-12-18-35-40-23-32-22-21-31-16-9-10-17-34(31)39(32)26-42(40)49-45(35)36;1-13(2)15-12-19-17(11-16(15)18(3,4)5)14-9-7-6-8-10-14;/h6-18,20-28H,1-5H3;6-9,11-13H,1-5H3;/q2*-1;/i5D3,27D,28D;13D;. The minimum absolute atomic E-state index is 0. The molecule has 3 aromatic heterocycles. The van der Waals surface area contributed by atoms with Gasteiger partial charge >= 0.3 is 0 Å². The Morgan fingerprint density at radius 1 is 0.623 bits per heavy atom. The summed E-state index contributed by atoms with van der Waals surface area (Å²) in [6, 6.07) is 56.4. The van der Waals surface area contributed by atoms with E-state index in [-0.39, 0.29) is 31.1 Å². The molecule has 11 aromatic rings. The van der Waals surface area contributed by atoms with Crippen LogP contribution in [-0.2, 0) is 25.5 Å². The molecule has 0 saturated carbocycles. The Bertz CT molecular complexity index is 3890. The molecular weight excluding hydrogens is 1020 g/mol. The Morgan fingerprint density at radius 3 is 2.03 bits per heavy atom. The zero-order chi connectivity index (χ0) is 52.7. The number of rotatable bonds is 7. The van der Waals surface area contributed by atoms with Crippen molar-refractivity contribution in [1.82, 2.24) is 14.5 Å². The maximum atomic E-state index is 9.54. The number of furan rings is 1. The van der Waals surface area contributed by atoms with Gasteiger partial charge in [-0.05, 0) is 126 Å². The number of imidazole rings is 1. The van der Waals surface area contributed by atoms with E-state index in [0.29, 0.717) is 50.4 Å². The van der Waals surface area contributed by atoms with Gasteiger partial charge in [-0.3, -0.25) is 4.98 Å². The molecule has 0 fully saturated rings. The molecule has 0 aliphatic heterocycles. The molecular formula is C64H59IrN3O-2. The van der Waals surface area contributed by atoms with Crippen molar-refractivity contribution in [3.63, 3.8) is 0 Å². The van der Waals surface area contributed by atoms with E-state index in [1.54, 1.807) is 12.1 Å². The Labute approximate surface area is 429 Å². The number of pyridine rings is 1. The predicted molar refractivity (Wildman–Crippen MR) is 287 cm³/mol. The molecule has 0 aliphatic carbocycles. The van der Waals surface area contributed by atoms with Crippen molar-refractivity contribution in [2.24, 2.45) is 0 Å². The Kier molecular flexibility index (Phi) is 11.1. The van der Waals surface area contributed by atoms with Gasteiger partial charge in [-0.25, -0.2) is 0 Å². The zero-order valence-electron chi connectivity index (χ0n) is 46.6. The number of aryl methyl sites for hydroxylation is 1. The van der Waals surface area contributed by atoms with E-state index in [9.17, 15) is 2.74 Å². The van der Waals surface area contributed by atoms with Gasteiger partial charge in [-0.1, -0.05) is 158 Å². The Morgan fingerprint density at radius 2 is 1.33 bits per heavy atom. The summed E-state index contributed by atoms with van der Waals surface area (Å²) in [5, 5.41) is 6.29. The third kappa shape index (κ3) is 8.84. The molecule has 0 amide bonds. The normalized spacial score (nSPS) is 13.8. The second-order valence-electron chi connectivity index (χ2n) is 19.4. The fraction of sp³-hybridized carbons (Fsp3) is 0.219. The average Bonchev–Trinajstić information content (AvgIpc) is 3.96. The second-order valence-corrected chi connectivity index (χ2v) is 19.4. The maximum absolute atomic E-state index is 9.54. The summed E-state index contributed by atoms with van der Waals surface area (Å²) < 4.78 is 62.0. The smallest absolute Gasteiger partial charge is 0.121 e. The molecule has 0 bridgehead atoms. The summed E-state index contributed by atoms with van der Waals surface area (Å²) in [6.07, 6.45) is 1.85. The van der Waals surface area contributed by atoms with Crippen molar-refractivity contribution in [3.05, 3.63) is 198 Å². The van der Waals surface area contributed by atoms with Crippen molar-refractivity contribution in [3.8, 4) is 39.5 Å². The minimum Gasteiger partial charge on any atom is -0.501 e. The SMILES string of the molecule is [2H]C(C)(C)c1cnc(-c2[c-]cccc2)cc1C(C)(C)C.[2H]C([2H])([2H])c1cccc2nc(-c3[c-]ccc4c3oc3cc5c(ccc6ccccc65)cc34)n(-c3c(C([2H])(C)C)cc(-c4ccccc4)cc3C([2H])(C)C)c12.[Ir]. The molecule has 0 spiro atoms. The molecule has 0 unspecified atom stereocenters. The summed E-state index contributed by atoms with van der Waals surface area (Å²) >= 11 is 0. The van der Waals surface area contributed by atoms with Crippen LogP contribution in [0.1, 0.15) is 116 Å². The summed E-state index contributed by atoms with van der Waals surface area (Å²) in [5.74, 6) is -2.55. The van der Waals surface area contributed by atoms with Crippen LogP contribution < -0.4 is 0 Å². The van der Waals surface area contributed by atoms with Crippen molar-refractivity contribution in [1.29, 1.82) is 0 Å². The quantitative estimate of drug-likeness (QED) is 0.118. The molecule has 0 N–H and O–H groups in total. The van der Waals surface area contributed by atoms with Crippen molar-refractivity contribution < 1.29 is 32.7 Å². The van der Waals surface area contributed by atoms with Crippen LogP contribution in [0.5, 0.6) is 0 Å². The predicted octanol–water partition coefficient (Wildman–Crippen LogP) is 17.9. The van der Waals surface area contributed by atoms with E-state index in [0.717, 1.165) is 60.3 Å². The van der Waals surface area contributed by atoms with Crippen LogP contribution >= 0.6 is 0 Å². The van der Waals surface area contributed by atoms with E-state index >= 15 is 0 Å². The number of aromatic nitrogens is 3. The van der Waals surface area contributed by atoms with Gasteiger partial charge in [0.15, 0.2) is 0 Å². The van der Waals surface area contributed by atoms with Crippen molar-refractivity contribution in [2.45, 2.75) is 92.3 Å². The monoisotopic (exact) mass is 1080 g/mol. The summed E-state index contributed by atoms with van der Waals surface area (Å²) in [6.45, 7) is 15.2. The Hall–Kier alpha value is -6.65. The third-order valence-corrected chi connectivity index (χ3v) is 13.0. The maximum Gasteiger partial charge on any atom is 0.121 e. The molecule has 0 saturated heterocycles. The first kappa shape index (κ1) is 40.3. The van der Waals surface area contributed by atoms with Crippen LogP contribution in [0.15, 0.2) is 162 Å². The van der Waals surface area contributed by atoms with Crippen LogP contribution in [0.25, 0.3) is 94.0 Å². The number of fused-ring (bicyclic) bond motifs is 7. The minimum atomic E-state index is -2.48. The topological polar surface area (TPSA) is 43.9 Å². The first-order valence-electron chi connectivity index (χ1n) is 26.3. The Balaban J connectivity index is 0.000000277. The molecule has 0 aliphatic rings. The number of nitrogens with zero attached hydrogens (tertiary/aromatic N) is 3. The fourth-order valence-corrected chi connectivity index (χ4v) is 9.53. The number of benzene rings is 8. The van der Waals surface area contributed by atoms with Crippen LogP contribution in [0, 0.1) is 19.0 Å². The van der Waals surface area contributed by atoms with Crippen molar-refractivity contribution in [2.75, 3.05) is 0 Å². The van der Waals surface area contributed by atoms with Gasteiger partial charge in [0.25, 0.3) is 0 Å². The molecule has 0 atom stereocenters. The van der Waals surface area contributed by atoms with Gasteiger partial charge in [0.1, 0.15) is 5.58 Å². The molecule has 1 radical (unpaired) electrons. The average molecular weight is 1080 g/mol. The molecule has 347 valence electrons. The van der Waals surface area contributed by atoms with Crippen LogP contribution in [-0.4, -0.2) is 14.5 Å². The number of hydrogen-bond acceptors (Lipinski definition) is 3. The van der Waals surface area contributed by atoms with E-state index in [2.05, 4.69) is 80.4 Å². The molecule has 8 aromatic carbocycles. The van der Waals surface area contributed by atoms with Gasteiger partial charge in [0.05, 0.1) is 22.4 Å². The summed E-state index contributed by atoms with van der Waals surface area (Å²) in [4.78, 5) is 9.71. The van der Waals surface area contributed by atoms with Crippen LogP contribution in [0.2, 0.25) is 0 Å². The van der Waals surface area contributed by atoms with E-state index in [1.807, 2.05) is 149 Å². The van der Waals surface area contributed by atoms with Gasteiger partial charge in [0, 0.05) is 45.6 Å². The zero-order valence-corrected chi connectivity index (χ0v) is 43.0. The first-order chi connectivity index (χ1) is 34.9. The largest absolute Gasteiger partial charge is 0.501 e. The first-order valence-corrected chi connectivity index (χ1v) is 23.3. The van der Waals surface area contributed by atoms with Crippen LogP contribution in [0.3, 0.4) is 0 Å². The fourth-order valence-electron chi connectivity index (χ4n) is 9.53. The number of para-hydroxylation sites is 1. The van der Waals surface area contributed by atoms with Gasteiger partial charge < -0.3 is 14.0 Å². The van der Waals surface area contributed by atoms with Crippen molar-refractivity contribution >= 4 is 54.5 Å². The molecule has 3 heterocycles. The van der Waals surface area contributed by atoms with E-state index in [1.165, 1.54) is 5.56 Å². The second kappa shape index (κ2) is 19.0. The molecule has 11 rings (SSSR count). The number of hydrogen-bond donors (Lipinski definition) is 0. The molecule has 5 heteroatoms. The van der Waals surface area contributed by atoms with Gasteiger partial charge in [0.2, 0.25) is 0 Å². The summed E-state index contributed by atoms with van der Waals surface area (Å²) in [7, 11) is 0. The van der Waals surface area contributed by atoms with E-state index < -0.39 is 24.5 Å². The summed E-state index contributed by atoms with van der Waals surface area (Å²) in [5.41, 5.74) is 10.6. The van der Waals surface area contributed by atoms with E-state index in [4.69, 9.17) is 14.9 Å².